The number of amides is 4. The first-order valence-corrected chi connectivity index (χ1v) is 14.9. The molecule has 2 N–H and O–H groups in total. The maximum absolute atomic E-state index is 13.9. The Morgan fingerprint density at radius 1 is 0.909 bits per heavy atom. The number of carboxylic acids is 1. The number of aryl methyl sites for hydroxylation is 1. The summed E-state index contributed by atoms with van der Waals surface area (Å²) in [5.74, 6) is -2.11. The zero-order valence-corrected chi connectivity index (χ0v) is 26.0. The molecule has 0 aromatic heterocycles. The molecule has 230 valence electrons. The summed E-state index contributed by atoms with van der Waals surface area (Å²) in [5.41, 5.74) is 3.62. The van der Waals surface area contributed by atoms with Crippen molar-refractivity contribution >= 4 is 36.0 Å². The Hall–Kier alpha value is -4.72. The van der Waals surface area contributed by atoms with Crippen molar-refractivity contribution in [3.05, 3.63) is 107 Å². The molecule has 8 heteroatoms. The van der Waals surface area contributed by atoms with Crippen molar-refractivity contribution in [1.29, 1.82) is 0 Å². The summed E-state index contributed by atoms with van der Waals surface area (Å²) >= 11 is 0. The van der Waals surface area contributed by atoms with Crippen molar-refractivity contribution in [3.8, 4) is 0 Å². The van der Waals surface area contributed by atoms with Crippen LogP contribution in [0.5, 0.6) is 0 Å². The fourth-order valence-corrected chi connectivity index (χ4v) is 5.44. The number of hydrogen-bond acceptors (Lipinski definition) is 4. The largest absolute Gasteiger partial charge is 0.481 e. The van der Waals surface area contributed by atoms with E-state index in [1.54, 1.807) is 44.2 Å². The Bertz CT molecular complexity index is 1530. The van der Waals surface area contributed by atoms with Crippen LogP contribution in [0, 0.1) is 12.8 Å². The van der Waals surface area contributed by atoms with Crippen molar-refractivity contribution in [3.63, 3.8) is 0 Å². The van der Waals surface area contributed by atoms with Gasteiger partial charge in [0.25, 0.3) is 5.91 Å². The highest BCUT2D eigenvalue weighted by molar-refractivity contribution is 6.09. The summed E-state index contributed by atoms with van der Waals surface area (Å²) < 4.78 is 0. The smallest absolute Gasteiger partial charge is 0.328 e. The van der Waals surface area contributed by atoms with Crippen LogP contribution in [0.2, 0.25) is 0 Å². The van der Waals surface area contributed by atoms with Crippen LogP contribution in [-0.4, -0.2) is 50.3 Å². The molecule has 8 nitrogen and oxygen atoms in total. The molecule has 3 aromatic rings. The van der Waals surface area contributed by atoms with Crippen LogP contribution in [0.3, 0.4) is 0 Å². The van der Waals surface area contributed by atoms with Crippen LogP contribution >= 0.6 is 0 Å². The Balaban J connectivity index is 1.54. The molecular formula is C36H41N3O5. The van der Waals surface area contributed by atoms with Crippen LogP contribution in [0.1, 0.15) is 74.4 Å². The minimum atomic E-state index is -1.18. The number of urea groups is 1. The van der Waals surface area contributed by atoms with E-state index in [1.807, 2.05) is 56.3 Å². The quantitative estimate of drug-likeness (QED) is 0.185. The van der Waals surface area contributed by atoms with Gasteiger partial charge in [-0.2, -0.15) is 0 Å². The average molecular weight is 596 g/mol. The number of carboxylic acid groups (broad SMARTS) is 1. The van der Waals surface area contributed by atoms with Gasteiger partial charge in [0.05, 0.1) is 12.5 Å². The second-order valence-corrected chi connectivity index (χ2v) is 12.2. The Kier molecular flexibility index (Phi) is 10.0. The predicted octanol–water partition coefficient (Wildman–Crippen LogP) is 6.46. The van der Waals surface area contributed by atoms with Gasteiger partial charge in [-0.1, -0.05) is 105 Å². The van der Waals surface area contributed by atoms with Gasteiger partial charge in [-0.15, -0.1) is 0 Å². The molecule has 1 fully saturated rings. The van der Waals surface area contributed by atoms with E-state index >= 15 is 0 Å². The molecule has 1 aliphatic rings. The molecule has 0 radical (unpaired) electrons. The van der Waals surface area contributed by atoms with Crippen molar-refractivity contribution in [2.24, 2.45) is 5.92 Å². The summed E-state index contributed by atoms with van der Waals surface area (Å²) in [6, 6.07) is 22.3. The predicted molar refractivity (Wildman–Crippen MR) is 171 cm³/mol. The number of carbonyl (C=O) groups is 4. The Labute approximate surface area is 259 Å². The second kappa shape index (κ2) is 13.7. The number of aliphatic carboxylic acids is 1. The molecular weight excluding hydrogens is 554 g/mol. The van der Waals surface area contributed by atoms with Gasteiger partial charge in [-0.3, -0.25) is 14.4 Å². The van der Waals surface area contributed by atoms with Crippen molar-refractivity contribution in [2.45, 2.75) is 71.6 Å². The Morgan fingerprint density at radius 3 is 2.16 bits per heavy atom. The molecule has 0 bridgehead atoms. The molecule has 0 aliphatic carbocycles. The van der Waals surface area contributed by atoms with E-state index in [4.69, 9.17) is 0 Å². The number of rotatable bonds is 12. The van der Waals surface area contributed by atoms with Crippen molar-refractivity contribution in [2.75, 3.05) is 0 Å². The third-order valence-electron chi connectivity index (χ3n) is 8.02. The summed E-state index contributed by atoms with van der Waals surface area (Å²) in [6.45, 7) is 9.46. The standard InChI is InChI=1S/C36H41N3O5/c1-24(2)21-31(33(42)37-30(22-32(40)41)29-13-7-6-8-14-29)39-34(43)36(4,5)38(35(39)44)23-27-17-15-26(16-18-27)19-20-28-12-10-9-11-25(28)3/h6-20,24,30-31H,21-23H2,1-5H3,(H,37,42)(H,40,41)/t30-,31+/m1/s1. The van der Waals surface area contributed by atoms with E-state index in [0.717, 1.165) is 21.6 Å². The zero-order valence-electron chi connectivity index (χ0n) is 26.0. The first kappa shape index (κ1) is 32.2. The molecule has 0 saturated carbocycles. The topological polar surface area (TPSA) is 107 Å². The molecule has 3 aromatic carbocycles. The monoisotopic (exact) mass is 595 g/mol. The SMILES string of the molecule is Cc1ccccc1C=Cc1ccc(CN2C(=O)N([C@@H](CC(C)C)C(=O)N[C@H](CC(=O)O)c3ccccc3)C(=O)C2(C)C)cc1. The molecule has 0 spiro atoms. The highest BCUT2D eigenvalue weighted by Gasteiger charge is 2.54. The summed E-state index contributed by atoms with van der Waals surface area (Å²) in [4.78, 5) is 55.6. The van der Waals surface area contributed by atoms with E-state index in [0.29, 0.717) is 5.56 Å². The van der Waals surface area contributed by atoms with Crippen LogP contribution in [0.4, 0.5) is 4.79 Å². The summed E-state index contributed by atoms with van der Waals surface area (Å²) in [5, 5.41) is 12.3. The molecule has 1 saturated heterocycles. The summed E-state index contributed by atoms with van der Waals surface area (Å²) in [6.07, 6.45) is 4.00. The lowest BCUT2D eigenvalue weighted by Gasteiger charge is -2.29. The fraction of sp³-hybridized carbons (Fsp3) is 0.333. The highest BCUT2D eigenvalue weighted by Crippen LogP contribution is 2.33. The number of benzene rings is 3. The third-order valence-corrected chi connectivity index (χ3v) is 8.02. The molecule has 4 rings (SSSR count). The maximum Gasteiger partial charge on any atom is 0.328 e. The lowest BCUT2D eigenvalue weighted by molar-refractivity contribution is -0.140. The van der Waals surface area contributed by atoms with Gasteiger partial charge in [-0.25, -0.2) is 9.69 Å². The first-order valence-electron chi connectivity index (χ1n) is 14.9. The van der Waals surface area contributed by atoms with Crippen LogP contribution in [0.15, 0.2) is 78.9 Å². The molecule has 1 aliphatic heterocycles. The van der Waals surface area contributed by atoms with E-state index in [9.17, 15) is 24.3 Å². The van der Waals surface area contributed by atoms with E-state index in [2.05, 4.69) is 30.4 Å². The van der Waals surface area contributed by atoms with Gasteiger partial charge in [-0.05, 0) is 60.9 Å². The second-order valence-electron chi connectivity index (χ2n) is 12.2. The van der Waals surface area contributed by atoms with Crippen molar-refractivity contribution in [1.82, 2.24) is 15.1 Å². The van der Waals surface area contributed by atoms with E-state index in [-0.39, 0.29) is 25.3 Å². The summed E-state index contributed by atoms with van der Waals surface area (Å²) in [7, 11) is 0. The number of carbonyl (C=O) groups excluding carboxylic acids is 3. The van der Waals surface area contributed by atoms with Crippen molar-refractivity contribution < 1.29 is 24.3 Å². The molecule has 2 atom stereocenters. The molecule has 1 heterocycles. The highest BCUT2D eigenvalue weighted by atomic mass is 16.4. The maximum atomic E-state index is 13.9. The van der Waals surface area contributed by atoms with Crippen LogP contribution < -0.4 is 5.32 Å². The van der Waals surface area contributed by atoms with Crippen LogP contribution in [-0.2, 0) is 20.9 Å². The minimum Gasteiger partial charge on any atom is -0.481 e. The Morgan fingerprint density at radius 2 is 1.55 bits per heavy atom. The zero-order chi connectivity index (χ0) is 32.0. The van der Waals surface area contributed by atoms with Gasteiger partial charge in [0.2, 0.25) is 5.91 Å². The van der Waals surface area contributed by atoms with Gasteiger partial charge >= 0.3 is 12.0 Å². The minimum absolute atomic E-state index is 0.0153. The molecule has 44 heavy (non-hydrogen) atoms. The third kappa shape index (κ3) is 7.43. The van der Waals surface area contributed by atoms with Gasteiger partial charge in [0.1, 0.15) is 11.6 Å². The fourth-order valence-electron chi connectivity index (χ4n) is 5.44. The average Bonchev–Trinajstić information content (AvgIpc) is 3.14. The number of nitrogens with zero attached hydrogens (tertiary/aromatic N) is 2. The number of imide groups is 1. The number of hydrogen-bond donors (Lipinski definition) is 2. The lowest BCUT2D eigenvalue weighted by atomic mass is 9.98. The molecule has 4 amide bonds. The number of nitrogens with one attached hydrogen (secondary N) is 1. The van der Waals surface area contributed by atoms with E-state index in [1.165, 1.54) is 10.5 Å². The van der Waals surface area contributed by atoms with Gasteiger partial charge in [0.15, 0.2) is 0 Å². The van der Waals surface area contributed by atoms with Crippen LogP contribution in [0.25, 0.3) is 12.2 Å². The molecule has 0 unspecified atom stereocenters. The van der Waals surface area contributed by atoms with Gasteiger partial charge in [0, 0.05) is 6.54 Å². The normalized spacial score (nSPS) is 16.0. The first-order chi connectivity index (χ1) is 20.9. The van der Waals surface area contributed by atoms with Gasteiger partial charge < -0.3 is 15.3 Å². The lowest BCUT2D eigenvalue weighted by Crippen LogP contribution is -2.52. The van der Waals surface area contributed by atoms with E-state index < -0.39 is 41.4 Å².